The molecule has 4 heteroatoms. The number of ether oxygens (including phenoxy) is 2. The molecular weight excluding hydrogens is 260 g/mol. The summed E-state index contributed by atoms with van der Waals surface area (Å²) in [6.07, 6.45) is 0. The molecule has 3 rings (SSSR count). The molecule has 1 aliphatic heterocycles. The monoisotopic (exact) mass is 274 g/mol. The molecule has 1 N–H and O–H groups in total. The summed E-state index contributed by atoms with van der Waals surface area (Å²) in [6.45, 7) is 0.598. The molecule has 1 aliphatic rings. The molecule has 2 aromatic carbocycles. The van der Waals surface area contributed by atoms with Gasteiger partial charge in [0, 0.05) is 4.90 Å². The lowest BCUT2D eigenvalue weighted by molar-refractivity contribution is 0.0924. The largest absolute Gasteiger partial charge is 0.504 e. The smallest absolute Gasteiger partial charge is 0.160 e. The number of phenols is 1. The third kappa shape index (κ3) is 2.41. The summed E-state index contributed by atoms with van der Waals surface area (Å²) >= 11 is 1.66. The number of benzene rings is 2. The highest BCUT2D eigenvalue weighted by atomic mass is 32.2. The van der Waals surface area contributed by atoms with E-state index in [1.165, 1.54) is 17.6 Å². The van der Waals surface area contributed by atoms with Gasteiger partial charge in [-0.05, 0) is 29.3 Å². The summed E-state index contributed by atoms with van der Waals surface area (Å²) in [5.74, 6) is 0.619. The van der Waals surface area contributed by atoms with Crippen LogP contribution in [0.4, 0.5) is 0 Å². The predicted molar refractivity (Wildman–Crippen MR) is 74.5 cm³/mol. The predicted octanol–water partition coefficient (Wildman–Crippen LogP) is 3.72. The van der Waals surface area contributed by atoms with Crippen LogP contribution in [0.3, 0.4) is 0 Å². The standard InChI is InChI=1S/C15H14O3S/c1-17-13-7-6-10(8-12(13)16)15-18-9-11-4-2-3-5-14(11)19-15/h2-8,15-16H,9H2,1H3. The fourth-order valence-corrected chi connectivity index (χ4v) is 3.16. The molecule has 0 aliphatic carbocycles. The zero-order valence-electron chi connectivity index (χ0n) is 10.5. The van der Waals surface area contributed by atoms with Crippen molar-refractivity contribution in [1.82, 2.24) is 0 Å². The molecule has 19 heavy (non-hydrogen) atoms. The van der Waals surface area contributed by atoms with E-state index in [2.05, 4.69) is 12.1 Å². The molecule has 1 unspecified atom stereocenters. The fourth-order valence-electron chi connectivity index (χ4n) is 2.07. The number of fused-ring (bicyclic) bond motifs is 1. The van der Waals surface area contributed by atoms with Gasteiger partial charge in [-0.25, -0.2) is 0 Å². The summed E-state index contributed by atoms with van der Waals surface area (Å²) in [4.78, 5) is 1.23. The Morgan fingerprint density at radius 3 is 2.89 bits per heavy atom. The first-order valence-electron chi connectivity index (χ1n) is 6.01. The Balaban J connectivity index is 1.87. The Morgan fingerprint density at radius 2 is 2.11 bits per heavy atom. The van der Waals surface area contributed by atoms with E-state index < -0.39 is 0 Å². The van der Waals surface area contributed by atoms with Gasteiger partial charge in [-0.1, -0.05) is 36.0 Å². The summed E-state index contributed by atoms with van der Waals surface area (Å²) in [6, 6.07) is 13.6. The Labute approximate surface area is 116 Å². The number of thioether (sulfide) groups is 1. The second-order valence-corrected chi connectivity index (χ2v) is 5.40. The van der Waals surface area contributed by atoms with Gasteiger partial charge in [0.05, 0.1) is 13.7 Å². The molecule has 0 aromatic heterocycles. The van der Waals surface area contributed by atoms with Gasteiger partial charge in [-0.3, -0.25) is 0 Å². The van der Waals surface area contributed by atoms with Crippen molar-refractivity contribution in [3.8, 4) is 11.5 Å². The summed E-state index contributed by atoms with van der Waals surface area (Å²) < 4.78 is 10.9. The number of phenolic OH excluding ortho intramolecular Hbond substituents is 1. The lowest BCUT2D eigenvalue weighted by Gasteiger charge is -2.25. The quantitative estimate of drug-likeness (QED) is 0.905. The summed E-state index contributed by atoms with van der Waals surface area (Å²) in [5.41, 5.74) is 2.06. The molecule has 0 saturated heterocycles. The van der Waals surface area contributed by atoms with E-state index in [-0.39, 0.29) is 11.2 Å². The van der Waals surface area contributed by atoms with Crippen LogP contribution in [0.25, 0.3) is 0 Å². The normalized spacial score (nSPS) is 17.8. The van der Waals surface area contributed by atoms with E-state index in [0.717, 1.165) is 5.56 Å². The first-order chi connectivity index (χ1) is 9.28. The van der Waals surface area contributed by atoms with Crippen LogP contribution in [-0.4, -0.2) is 12.2 Å². The van der Waals surface area contributed by atoms with Crippen molar-refractivity contribution in [3.05, 3.63) is 53.6 Å². The van der Waals surface area contributed by atoms with Gasteiger partial charge in [0.25, 0.3) is 0 Å². The maximum absolute atomic E-state index is 9.83. The number of rotatable bonds is 2. The first-order valence-corrected chi connectivity index (χ1v) is 6.89. The molecule has 0 saturated carbocycles. The molecule has 1 atom stereocenters. The minimum Gasteiger partial charge on any atom is -0.504 e. The summed E-state index contributed by atoms with van der Waals surface area (Å²) in [7, 11) is 1.54. The number of hydrogen-bond acceptors (Lipinski definition) is 4. The maximum atomic E-state index is 9.83. The molecule has 1 heterocycles. The van der Waals surface area contributed by atoms with Crippen LogP contribution in [0.5, 0.6) is 11.5 Å². The molecule has 0 fully saturated rings. The Hall–Kier alpha value is -1.65. The van der Waals surface area contributed by atoms with Crippen molar-refractivity contribution < 1.29 is 14.6 Å². The average molecular weight is 274 g/mol. The minimum absolute atomic E-state index is 0.0910. The SMILES string of the molecule is COc1ccc(C2OCc3ccccc3S2)cc1O. The van der Waals surface area contributed by atoms with Gasteiger partial charge in [-0.2, -0.15) is 0 Å². The van der Waals surface area contributed by atoms with Crippen LogP contribution in [0, 0.1) is 0 Å². The van der Waals surface area contributed by atoms with E-state index in [9.17, 15) is 5.11 Å². The number of methoxy groups -OCH3 is 1. The van der Waals surface area contributed by atoms with Crippen molar-refractivity contribution in [2.75, 3.05) is 7.11 Å². The Kier molecular flexibility index (Phi) is 3.36. The van der Waals surface area contributed by atoms with Crippen LogP contribution < -0.4 is 4.74 Å². The van der Waals surface area contributed by atoms with E-state index in [4.69, 9.17) is 9.47 Å². The summed E-state index contributed by atoms with van der Waals surface area (Å²) in [5, 5.41) is 9.83. The molecule has 98 valence electrons. The van der Waals surface area contributed by atoms with Crippen molar-refractivity contribution >= 4 is 11.8 Å². The van der Waals surface area contributed by atoms with Crippen molar-refractivity contribution in [2.24, 2.45) is 0 Å². The molecule has 0 spiro atoms. The molecule has 0 amide bonds. The highest BCUT2D eigenvalue weighted by Gasteiger charge is 2.21. The van der Waals surface area contributed by atoms with Crippen LogP contribution in [-0.2, 0) is 11.3 Å². The van der Waals surface area contributed by atoms with Gasteiger partial charge in [0.15, 0.2) is 11.5 Å². The van der Waals surface area contributed by atoms with Gasteiger partial charge in [0.1, 0.15) is 5.44 Å². The molecule has 0 bridgehead atoms. The van der Waals surface area contributed by atoms with E-state index >= 15 is 0 Å². The second-order valence-electron chi connectivity index (χ2n) is 4.30. The van der Waals surface area contributed by atoms with Crippen molar-refractivity contribution in [2.45, 2.75) is 16.9 Å². The third-order valence-electron chi connectivity index (χ3n) is 3.07. The minimum atomic E-state index is -0.0910. The zero-order chi connectivity index (χ0) is 13.2. The van der Waals surface area contributed by atoms with Crippen LogP contribution in [0.2, 0.25) is 0 Å². The van der Waals surface area contributed by atoms with Crippen LogP contribution in [0.1, 0.15) is 16.6 Å². The van der Waals surface area contributed by atoms with Crippen LogP contribution in [0.15, 0.2) is 47.4 Å². The molecule has 2 aromatic rings. The maximum Gasteiger partial charge on any atom is 0.160 e. The van der Waals surface area contributed by atoms with E-state index in [0.29, 0.717) is 12.4 Å². The Morgan fingerprint density at radius 1 is 1.26 bits per heavy atom. The highest BCUT2D eigenvalue weighted by Crippen LogP contribution is 2.44. The fraction of sp³-hybridized carbons (Fsp3) is 0.200. The average Bonchev–Trinajstić information content (AvgIpc) is 2.46. The van der Waals surface area contributed by atoms with Gasteiger partial charge >= 0.3 is 0 Å². The third-order valence-corrected chi connectivity index (χ3v) is 4.35. The second kappa shape index (κ2) is 5.15. The van der Waals surface area contributed by atoms with Gasteiger partial charge in [0.2, 0.25) is 0 Å². The Bertz CT molecular complexity index is 598. The van der Waals surface area contributed by atoms with Crippen LogP contribution >= 0.6 is 11.8 Å². The number of hydrogen-bond donors (Lipinski definition) is 1. The molecule has 0 radical (unpaired) electrons. The highest BCUT2D eigenvalue weighted by molar-refractivity contribution is 7.99. The zero-order valence-corrected chi connectivity index (χ0v) is 11.3. The first kappa shape index (κ1) is 12.4. The van der Waals surface area contributed by atoms with Gasteiger partial charge in [-0.15, -0.1) is 0 Å². The number of aromatic hydroxyl groups is 1. The van der Waals surface area contributed by atoms with E-state index in [1.807, 2.05) is 18.2 Å². The molecular formula is C15H14O3S. The van der Waals surface area contributed by atoms with Crippen molar-refractivity contribution in [1.29, 1.82) is 0 Å². The lowest BCUT2D eigenvalue weighted by atomic mass is 10.2. The lowest BCUT2D eigenvalue weighted by Crippen LogP contribution is -2.07. The van der Waals surface area contributed by atoms with E-state index in [1.54, 1.807) is 23.9 Å². The topological polar surface area (TPSA) is 38.7 Å². The molecule has 3 nitrogen and oxygen atoms in total. The van der Waals surface area contributed by atoms with Gasteiger partial charge < -0.3 is 14.6 Å². The van der Waals surface area contributed by atoms with Crippen molar-refractivity contribution in [3.63, 3.8) is 0 Å².